The standard InChI is InChI=1S/C15H19N3O3/c1-3-8-20-14-13(16)15(18-10-17-14)21-12-7-5-6-11(9-12)19-4-2/h5-7,9-10H,3-4,8,16H2,1-2H3. The summed E-state index contributed by atoms with van der Waals surface area (Å²) >= 11 is 0. The van der Waals surface area contributed by atoms with Gasteiger partial charge in [0.15, 0.2) is 5.69 Å². The molecule has 0 unspecified atom stereocenters. The van der Waals surface area contributed by atoms with Crippen molar-refractivity contribution in [1.29, 1.82) is 0 Å². The fraction of sp³-hybridized carbons (Fsp3) is 0.333. The predicted molar refractivity (Wildman–Crippen MR) is 79.9 cm³/mol. The molecule has 2 aromatic rings. The van der Waals surface area contributed by atoms with Gasteiger partial charge in [0.1, 0.15) is 17.8 Å². The van der Waals surface area contributed by atoms with E-state index in [9.17, 15) is 0 Å². The molecule has 0 saturated heterocycles. The normalized spacial score (nSPS) is 10.2. The first-order valence-corrected chi connectivity index (χ1v) is 6.88. The molecule has 0 aliphatic rings. The van der Waals surface area contributed by atoms with Crippen LogP contribution in [0.3, 0.4) is 0 Å². The second kappa shape index (κ2) is 7.33. The maximum absolute atomic E-state index is 5.96. The summed E-state index contributed by atoms with van der Waals surface area (Å²) < 4.78 is 16.5. The van der Waals surface area contributed by atoms with E-state index in [4.69, 9.17) is 19.9 Å². The minimum Gasteiger partial charge on any atom is -0.494 e. The third-order valence-corrected chi connectivity index (χ3v) is 2.58. The molecule has 2 rings (SSSR count). The third kappa shape index (κ3) is 3.98. The zero-order valence-corrected chi connectivity index (χ0v) is 12.2. The lowest BCUT2D eigenvalue weighted by Crippen LogP contribution is -2.04. The van der Waals surface area contributed by atoms with Crippen LogP contribution in [-0.2, 0) is 0 Å². The molecular formula is C15H19N3O3. The van der Waals surface area contributed by atoms with Crippen molar-refractivity contribution < 1.29 is 14.2 Å². The van der Waals surface area contributed by atoms with E-state index in [2.05, 4.69) is 9.97 Å². The summed E-state index contributed by atoms with van der Waals surface area (Å²) in [5.74, 6) is 1.92. The van der Waals surface area contributed by atoms with Crippen molar-refractivity contribution in [1.82, 2.24) is 9.97 Å². The SMILES string of the molecule is CCCOc1ncnc(Oc2cccc(OCC)c2)c1N. The van der Waals surface area contributed by atoms with E-state index in [1.165, 1.54) is 6.33 Å². The number of benzene rings is 1. The Labute approximate surface area is 123 Å². The zero-order valence-electron chi connectivity index (χ0n) is 12.2. The number of rotatable bonds is 7. The van der Waals surface area contributed by atoms with Gasteiger partial charge < -0.3 is 19.9 Å². The van der Waals surface area contributed by atoms with Crippen molar-refractivity contribution in [3.8, 4) is 23.3 Å². The number of ether oxygens (including phenoxy) is 3. The van der Waals surface area contributed by atoms with Gasteiger partial charge in [0.25, 0.3) is 0 Å². The fourth-order valence-electron chi connectivity index (χ4n) is 1.67. The largest absolute Gasteiger partial charge is 0.494 e. The number of nitrogens with zero attached hydrogens (tertiary/aromatic N) is 2. The Balaban J connectivity index is 2.17. The van der Waals surface area contributed by atoms with Gasteiger partial charge in [-0.05, 0) is 25.5 Å². The summed E-state index contributed by atoms with van der Waals surface area (Å²) in [7, 11) is 0. The highest BCUT2D eigenvalue weighted by Crippen LogP contribution is 2.31. The maximum atomic E-state index is 5.96. The van der Waals surface area contributed by atoms with E-state index >= 15 is 0 Å². The van der Waals surface area contributed by atoms with E-state index in [1.807, 2.05) is 26.0 Å². The summed E-state index contributed by atoms with van der Waals surface area (Å²) in [6.07, 6.45) is 2.24. The summed E-state index contributed by atoms with van der Waals surface area (Å²) in [4.78, 5) is 8.04. The van der Waals surface area contributed by atoms with Gasteiger partial charge in [-0.1, -0.05) is 13.0 Å². The van der Waals surface area contributed by atoms with Crippen molar-refractivity contribution in [3.63, 3.8) is 0 Å². The molecule has 1 heterocycles. The molecule has 2 N–H and O–H groups in total. The number of hydrogen-bond acceptors (Lipinski definition) is 6. The highest BCUT2D eigenvalue weighted by atomic mass is 16.5. The Morgan fingerprint density at radius 3 is 2.57 bits per heavy atom. The van der Waals surface area contributed by atoms with Crippen LogP contribution in [0.25, 0.3) is 0 Å². The number of hydrogen-bond donors (Lipinski definition) is 1. The van der Waals surface area contributed by atoms with Crippen LogP contribution >= 0.6 is 0 Å². The molecule has 0 atom stereocenters. The lowest BCUT2D eigenvalue weighted by molar-refractivity contribution is 0.304. The van der Waals surface area contributed by atoms with Crippen molar-refractivity contribution in [2.45, 2.75) is 20.3 Å². The Morgan fingerprint density at radius 1 is 1.05 bits per heavy atom. The van der Waals surface area contributed by atoms with Crippen molar-refractivity contribution in [3.05, 3.63) is 30.6 Å². The fourth-order valence-corrected chi connectivity index (χ4v) is 1.67. The van der Waals surface area contributed by atoms with Gasteiger partial charge in [0.05, 0.1) is 13.2 Å². The first kappa shape index (κ1) is 14.9. The number of aromatic nitrogens is 2. The van der Waals surface area contributed by atoms with Crippen molar-refractivity contribution in [2.75, 3.05) is 18.9 Å². The lowest BCUT2D eigenvalue weighted by atomic mass is 10.3. The third-order valence-electron chi connectivity index (χ3n) is 2.58. The highest BCUT2D eigenvalue weighted by Gasteiger charge is 2.11. The molecule has 0 radical (unpaired) electrons. The van der Waals surface area contributed by atoms with Crippen LogP contribution in [-0.4, -0.2) is 23.2 Å². The van der Waals surface area contributed by atoms with Gasteiger partial charge in [-0.25, -0.2) is 0 Å². The van der Waals surface area contributed by atoms with E-state index in [-0.39, 0.29) is 11.6 Å². The lowest BCUT2D eigenvalue weighted by Gasteiger charge is -2.11. The summed E-state index contributed by atoms with van der Waals surface area (Å²) in [5.41, 5.74) is 6.25. The van der Waals surface area contributed by atoms with Crippen LogP contribution in [0.1, 0.15) is 20.3 Å². The summed E-state index contributed by atoms with van der Waals surface area (Å²) in [5, 5.41) is 0. The molecule has 0 saturated carbocycles. The molecule has 1 aromatic carbocycles. The second-order valence-electron chi connectivity index (χ2n) is 4.26. The van der Waals surface area contributed by atoms with Gasteiger partial charge in [-0.3, -0.25) is 0 Å². The van der Waals surface area contributed by atoms with Crippen LogP contribution in [0, 0.1) is 0 Å². The molecule has 112 valence electrons. The molecule has 0 aliphatic heterocycles. The Hall–Kier alpha value is -2.50. The van der Waals surface area contributed by atoms with Crippen molar-refractivity contribution in [2.24, 2.45) is 0 Å². The molecule has 0 aliphatic carbocycles. The van der Waals surface area contributed by atoms with E-state index in [1.54, 1.807) is 12.1 Å². The molecule has 0 spiro atoms. The zero-order chi connectivity index (χ0) is 15.1. The first-order chi connectivity index (χ1) is 10.2. The Kier molecular flexibility index (Phi) is 5.20. The predicted octanol–water partition coefficient (Wildman–Crippen LogP) is 3.04. The first-order valence-electron chi connectivity index (χ1n) is 6.88. The van der Waals surface area contributed by atoms with Crippen LogP contribution in [0.4, 0.5) is 5.69 Å². The Morgan fingerprint density at radius 2 is 1.81 bits per heavy atom. The van der Waals surface area contributed by atoms with Crippen LogP contribution in [0.5, 0.6) is 23.3 Å². The van der Waals surface area contributed by atoms with Gasteiger partial charge in [0, 0.05) is 6.07 Å². The van der Waals surface area contributed by atoms with Gasteiger partial charge in [-0.2, -0.15) is 9.97 Å². The quantitative estimate of drug-likeness (QED) is 0.844. The van der Waals surface area contributed by atoms with Crippen molar-refractivity contribution >= 4 is 5.69 Å². The van der Waals surface area contributed by atoms with Gasteiger partial charge in [-0.15, -0.1) is 0 Å². The molecule has 21 heavy (non-hydrogen) atoms. The minimum absolute atomic E-state index is 0.268. The summed E-state index contributed by atoms with van der Waals surface area (Å²) in [6.45, 7) is 5.07. The maximum Gasteiger partial charge on any atom is 0.249 e. The van der Waals surface area contributed by atoms with E-state index in [0.717, 1.165) is 12.2 Å². The van der Waals surface area contributed by atoms with E-state index in [0.29, 0.717) is 24.8 Å². The smallest absolute Gasteiger partial charge is 0.249 e. The van der Waals surface area contributed by atoms with Crippen LogP contribution < -0.4 is 19.9 Å². The highest BCUT2D eigenvalue weighted by molar-refractivity contribution is 5.57. The molecule has 0 amide bonds. The molecule has 0 fully saturated rings. The molecule has 1 aromatic heterocycles. The summed E-state index contributed by atoms with van der Waals surface area (Å²) in [6, 6.07) is 7.27. The average molecular weight is 289 g/mol. The second-order valence-corrected chi connectivity index (χ2v) is 4.26. The van der Waals surface area contributed by atoms with Crippen LogP contribution in [0.15, 0.2) is 30.6 Å². The molecule has 0 bridgehead atoms. The molecule has 6 heteroatoms. The topological polar surface area (TPSA) is 79.5 Å². The molecule has 6 nitrogen and oxygen atoms in total. The average Bonchev–Trinajstić information content (AvgIpc) is 2.49. The van der Waals surface area contributed by atoms with Gasteiger partial charge in [0.2, 0.25) is 11.8 Å². The number of nitrogen functional groups attached to an aromatic ring is 1. The monoisotopic (exact) mass is 289 g/mol. The van der Waals surface area contributed by atoms with Gasteiger partial charge >= 0.3 is 0 Å². The van der Waals surface area contributed by atoms with E-state index < -0.39 is 0 Å². The minimum atomic E-state index is 0.268. The molecular weight excluding hydrogens is 270 g/mol. The Bertz CT molecular complexity index is 590. The number of anilines is 1. The van der Waals surface area contributed by atoms with Crippen LogP contribution in [0.2, 0.25) is 0 Å². The number of nitrogens with two attached hydrogens (primary N) is 1.